The molecule has 1 saturated heterocycles. The molecule has 33 heavy (non-hydrogen) atoms. The molecule has 6 nitrogen and oxygen atoms in total. The van der Waals surface area contributed by atoms with Crippen LogP contribution in [0.1, 0.15) is 48.4 Å². The topological polar surface area (TPSA) is 69.7 Å². The number of amides is 4. The molecule has 168 valence electrons. The number of terminal acetylenes is 1. The third-order valence-corrected chi connectivity index (χ3v) is 7.31. The monoisotopic (exact) mass is 441 g/mol. The second-order valence-electron chi connectivity index (χ2n) is 9.32. The van der Waals surface area contributed by atoms with Crippen molar-refractivity contribution in [3.63, 3.8) is 0 Å². The van der Waals surface area contributed by atoms with E-state index in [0.29, 0.717) is 18.9 Å². The first kappa shape index (κ1) is 21.3. The van der Waals surface area contributed by atoms with Crippen molar-refractivity contribution in [1.82, 2.24) is 15.1 Å². The van der Waals surface area contributed by atoms with E-state index in [2.05, 4.69) is 11.2 Å². The van der Waals surface area contributed by atoms with Crippen LogP contribution >= 0.6 is 0 Å². The van der Waals surface area contributed by atoms with Gasteiger partial charge in [-0.2, -0.15) is 0 Å². The molecule has 2 fully saturated rings. The maximum absolute atomic E-state index is 13.5. The third-order valence-electron chi connectivity index (χ3n) is 7.31. The first-order valence-corrected chi connectivity index (χ1v) is 11.5. The molecular formula is C27H27N3O3. The Morgan fingerprint density at radius 2 is 1.94 bits per heavy atom. The van der Waals surface area contributed by atoms with Gasteiger partial charge in [-0.25, -0.2) is 4.79 Å². The predicted molar refractivity (Wildman–Crippen MR) is 124 cm³/mol. The standard InChI is InChI=1S/C27H27N3O3/c1-3-19-8-10-20(11-9-19)16-29(18(2)21-12-13-21)24(31)17-30-25(32)27(28-26(30)33)15-14-22-6-4-5-7-23(22)27/h1,4-11,18,21H,12-17H2,2H3,(H,28,33)/t18-,27-/m0/s1. The van der Waals surface area contributed by atoms with Crippen LogP contribution in [-0.4, -0.2) is 40.2 Å². The van der Waals surface area contributed by atoms with Gasteiger partial charge in [-0.15, -0.1) is 6.42 Å². The molecule has 2 aliphatic carbocycles. The molecule has 0 bridgehead atoms. The van der Waals surface area contributed by atoms with Crippen molar-refractivity contribution < 1.29 is 14.4 Å². The molecule has 3 aliphatic rings. The van der Waals surface area contributed by atoms with Gasteiger partial charge < -0.3 is 10.2 Å². The van der Waals surface area contributed by atoms with Crippen LogP contribution < -0.4 is 5.32 Å². The molecule has 5 rings (SSSR count). The van der Waals surface area contributed by atoms with Gasteiger partial charge in [-0.05, 0) is 67.3 Å². The molecule has 2 aromatic rings. The van der Waals surface area contributed by atoms with Gasteiger partial charge >= 0.3 is 6.03 Å². The van der Waals surface area contributed by atoms with E-state index in [4.69, 9.17) is 6.42 Å². The van der Waals surface area contributed by atoms with Gasteiger partial charge in [-0.1, -0.05) is 42.3 Å². The minimum Gasteiger partial charge on any atom is -0.334 e. The van der Waals surface area contributed by atoms with E-state index < -0.39 is 11.6 Å². The second kappa shape index (κ2) is 8.08. The number of nitrogens with zero attached hydrogens (tertiary/aromatic N) is 2. The number of benzene rings is 2. The Morgan fingerprint density at radius 3 is 2.64 bits per heavy atom. The van der Waals surface area contributed by atoms with Crippen molar-refractivity contribution in [3.05, 3.63) is 70.8 Å². The first-order chi connectivity index (χ1) is 15.9. The summed E-state index contributed by atoms with van der Waals surface area (Å²) in [6.45, 7) is 2.21. The highest BCUT2D eigenvalue weighted by atomic mass is 16.2. The van der Waals surface area contributed by atoms with E-state index in [9.17, 15) is 14.4 Å². The molecule has 2 aromatic carbocycles. The number of rotatable bonds is 6. The van der Waals surface area contributed by atoms with Gasteiger partial charge in [-0.3, -0.25) is 14.5 Å². The average Bonchev–Trinajstić information content (AvgIpc) is 3.58. The van der Waals surface area contributed by atoms with Crippen molar-refractivity contribution >= 4 is 17.8 Å². The van der Waals surface area contributed by atoms with Crippen LogP contribution in [0.5, 0.6) is 0 Å². The van der Waals surface area contributed by atoms with Crippen molar-refractivity contribution in [1.29, 1.82) is 0 Å². The summed E-state index contributed by atoms with van der Waals surface area (Å²) in [5, 5.41) is 2.90. The van der Waals surface area contributed by atoms with Crippen LogP contribution in [0.25, 0.3) is 0 Å². The molecular weight excluding hydrogens is 414 g/mol. The minimum absolute atomic E-state index is 0.0340. The number of carbonyl (C=O) groups is 3. The van der Waals surface area contributed by atoms with Crippen molar-refractivity contribution in [2.75, 3.05) is 6.54 Å². The van der Waals surface area contributed by atoms with Crippen molar-refractivity contribution in [2.24, 2.45) is 5.92 Å². The molecule has 1 N–H and O–H groups in total. The van der Waals surface area contributed by atoms with Gasteiger partial charge in [0.1, 0.15) is 12.1 Å². The Morgan fingerprint density at radius 1 is 1.21 bits per heavy atom. The van der Waals surface area contributed by atoms with E-state index in [1.165, 1.54) is 0 Å². The van der Waals surface area contributed by atoms with E-state index in [-0.39, 0.29) is 24.4 Å². The SMILES string of the molecule is C#Cc1ccc(CN(C(=O)CN2C(=O)N[C@]3(CCc4ccccc43)C2=O)[C@@H](C)C2CC2)cc1. The molecule has 0 radical (unpaired) electrons. The van der Waals surface area contributed by atoms with E-state index in [1.807, 2.05) is 55.5 Å². The second-order valence-corrected chi connectivity index (χ2v) is 9.32. The first-order valence-electron chi connectivity index (χ1n) is 11.5. The van der Waals surface area contributed by atoms with Crippen LogP contribution in [0.15, 0.2) is 48.5 Å². The van der Waals surface area contributed by atoms with Crippen molar-refractivity contribution in [3.8, 4) is 12.3 Å². The van der Waals surface area contributed by atoms with E-state index in [0.717, 1.165) is 46.4 Å². The lowest BCUT2D eigenvalue weighted by molar-refractivity contribution is -0.141. The normalized spacial score (nSPS) is 22.1. The zero-order chi connectivity index (χ0) is 23.2. The Kier molecular flexibility index (Phi) is 5.20. The molecule has 1 heterocycles. The fourth-order valence-corrected chi connectivity index (χ4v) is 5.15. The Bertz CT molecular complexity index is 1160. The van der Waals surface area contributed by atoms with Crippen LogP contribution in [0.2, 0.25) is 0 Å². The number of imide groups is 1. The minimum atomic E-state index is -1.05. The van der Waals surface area contributed by atoms with Gasteiger partial charge in [0.25, 0.3) is 5.91 Å². The van der Waals surface area contributed by atoms with Crippen LogP contribution in [0, 0.1) is 18.3 Å². The number of aryl methyl sites for hydroxylation is 1. The Balaban J connectivity index is 1.36. The molecule has 0 unspecified atom stereocenters. The van der Waals surface area contributed by atoms with Crippen LogP contribution in [-0.2, 0) is 28.1 Å². The summed E-state index contributed by atoms with van der Waals surface area (Å²) >= 11 is 0. The summed E-state index contributed by atoms with van der Waals surface area (Å²) in [5.41, 5.74) is 2.61. The summed E-state index contributed by atoms with van der Waals surface area (Å²) in [6.07, 6.45) is 8.87. The van der Waals surface area contributed by atoms with Crippen LogP contribution in [0.4, 0.5) is 4.79 Å². The van der Waals surface area contributed by atoms with Gasteiger partial charge in [0.05, 0.1) is 0 Å². The molecule has 0 aromatic heterocycles. The van der Waals surface area contributed by atoms with E-state index >= 15 is 0 Å². The maximum Gasteiger partial charge on any atom is 0.325 e. The molecule has 2 atom stereocenters. The highest BCUT2D eigenvalue weighted by Crippen LogP contribution is 2.41. The van der Waals surface area contributed by atoms with Crippen LogP contribution in [0.3, 0.4) is 0 Å². The number of carbonyl (C=O) groups excluding carboxylic acids is 3. The summed E-state index contributed by atoms with van der Waals surface area (Å²) in [6, 6.07) is 14.8. The number of nitrogens with one attached hydrogen (secondary N) is 1. The predicted octanol–water partition coefficient (Wildman–Crippen LogP) is 3.19. The van der Waals surface area contributed by atoms with Gasteiger partial charge in [0.2, 0.25) is 5.91 Å². The highest BCUT2D eigenvalue weighted by molar-refractivity contribution is 6.09. The Labute approximate surface area is 193 Å². The molecule has 6 heteroatoms. The van der Waals surface area contributed by atoms with Gasteiger partial charge in [0, 0.05) is 18.2 Å². The lowest BCUT2D eigenvalue weighted by atomic mass is 9.92. The summed E-state index contributed by atoms with van der Waals surface area (Å²) in [5.74, 6) is 2.50. The zero-order valence-corrected chi connectivity index (χ0v) is 18.7. The lowest BCUT2D eigenvalue weighted by Gasteiger charge is -2.31. The fourth-order valence-electron chi connectivity index (χ4n) is 5.15. The summed E-state index contributed by atoms with van der Waals surface area (Å²) in [7, 11) is 0. The largest absolute Gasteiger partial charge is 0.334 e. The maximum atomic E-state index is 13.5. The zero-order valence-electron chi connectivity index (χ0n) is 18.7. The highest BCUT2D eigenvalue weighted by Gasteiger charge is 2.55. The van der Waals surface area contributed by atoms with Gasteiger partial charge in [0.15, 0.2) is 0 Å². The molecule has 1 aliphatic heterocycles. The smallest absolute Gasteiger partial charge is 0.325 e. The Hall–Kier alpha value is -3.59. The fraction of sp³-hybridized carbons (Fsp3) is 0.370. The van der Waals surface area contributed by atoms with E-state index in [1.54, 1.807) is 4.90 Å². The third kappa shape index (κ3) is 3.68. The average molecular weight is 442 g/mol. The molecule has 4 amide bonds. The quantitative estimate of drug-likeness (QED) is 0.553. The summed E-state index contributed by atoms with van der Waals surface area (Å²) in [4.78, 5) is 42.7. The number of urea groups is 1. The molecule has 1 spiro atoms. The lowest BCUT2D eigenvalue weighted by Crippen LogP contribution is -2.47. The number of fused-ring (bicyclic) bond motifs is 2. The summed E-state index contributed by atoms with van der Waals surface area (Å²) < 4.78 is 0. The van der Waals surface area contributed by atoms with Crippen molar-refractivity contribution in [2.45, 2.75) is 50.7 Å². The molecule has 1 saturated carbocycles. The number of hydrogen-bond donors (Lipinski definition) is 1. The number of hydrogen-bond acceptors (Lipinski definition) is 3.